The van der Waals surface area contributed by atoms with Crippen molar-refractivity contribution in [2.45, 2.75) is 32.7 Å². The largest absolute Gasteiger partial charge is 0.349 e. The smallest absolute Gasteiger partial charge is 0.253 e. The average molecular weight is 349 g/mol. The van der Waals surface area contributed by atoms with Gasteiger partial charge in [-0.25, -0.2) is 0 Å². The standard InChI is InChI=1S/C19H19N5O2/c1-11-3-4-13(10-25)7-17(11)22-19-23-20-9-15-8-16(12(2)24(15)19)18(26)21-14-5-6-14/h3-4,7-10,14H,5-6H2,1-2H3,(H,21,26)(H,22,23). The Hall–Kier alpha value is -3.22. The van der Waals surface area contributed by atoms with Crippen LogP contribution in [0, 0.1) is 13.8 Å². The first-order valence-electron chi connectivity index (χ1n) is 8.54. The summed E-state index contributed by atoms with van der Waals surface area (Å²) in [7, 11) is 0. The normalized spacial score (nSPS) is 13.6. The van der Waals surface area contributed by atoms with E-state index < -0.39 is 0 Å². The Morgan fingerprint density at radius 1 is 1.27 bits per heavy atom. The van der Waals surface area contributed by atoms with E-state index in [0.717, 1.165) is 41.6 Å². The minimum atomic E-state index is -0.0706. The second-order valence-corrected chi connectivity index (χ2v) is 6.64. The minimum absolute atomic E-state index is 0.0706. The van der Waals surface area contributed by atoms with Crippen molar-refractivity contribution in [1.29, 1.82) is 0 Å². The van der Waals surface area contributed by atoms with Crippen molar-refractivity contribution in [1.82, 2.24) is 19.9 Å². The maximum atomic E-state index is 12.5. The number of hydrogen-bond donors (Lipinski definition) is 2. The zero-order chi connectivity index (χ0) is 18.3. The number of fused-ring (bicyclic) bond motifs is 1. The van der Waals surface area contributed by atoms with Gasteiger partial charge in [0.15, 0.2) is 0 Å². The predicted octanol–water partition coefficient (Wildman–Crippen LogP) is 2.79. The highest BCUT2D eigenvalue weighted by Gasteiger charge is 2.25. The summed E-state index contributed by atoms with van der Waals surface area (Å²) in [4.78, 5) is 23.5. The second kappa shape index (κ2) is 6.25. The average Bonchev–Trinajstić information content (AvgIpc) is 3.38. The van der Waals surface area contributed by atoms with Crippen LogP contribution in [-0.4, -0.2) is 32.8 Å². The maximum Gasteiger partial charge on any atom is 0.253 e. The summed E-state index contributed by atoms with van der Waals surface area (Å²) >= 11 is 0. The molecule has 0 unspecified atom stereocenters. The van der Waals surface area contributed by atoms with Gasteiger partial charge in [-0.3, -0.25) is 14.0 Å². The molecule has 0 spiro atoms. The summed E-state index contributed by atoms with van der Waals surface area (Å²) in [6, 6.07) is 7.52. The number of hydrogen-bond acceptors (Lipinski definition) is 5. The minimum Gasteiger partial charge on any atom is -0.349 e. The molecule has 1 aliphatic carbocycles. The Labute approximate surface area is 150 Å². The molecule has 2 N–H and O–H groups in total. The molecule has 1 aromatic carbocycles. The van der Waals surface area contributed by atoms with Gasteiger partial charge >= 0.3 is 0 Å². The van der Waals surface area contributed by atoms with E-state index in [0.29, 0.717) is 23.1 Å². The SMILES string of the molecule is Cc1ccc(C=O)cc1Nc1nncc2cc(C(=O)NC3CC3)c(C)n12. The van der Waals surface area contributed by atoms with Gasteiger partial charge < -0.3 is 10.6 Å². The van der Waals surface area contributed by atoms with Gasteiger partial charge in [0.05, 0.1) is 17.3 Å². The number of aryl methyl sites for hydroxylation is 2. The molecule has 3 aromatic rings. The number of carbonyl (C=O) groups excluding carboxylic acids is 2. The Morgan fingerprint density at radius 3 is 2.81 bits per heavy atom. The van der Waals surface area contributed by atoms with Crippen molar-refractivity contribution in [2.75, 3.05) is 5.32 Å². The Morgan fingerprint density at radius 2 is 2.08 bits per heavy atom. The van der Waals surface area contributed by atoms with Crippen molar-refractivity contribution in [2.24, 2.45) is 0 Å². The molecule has 2 heterocycles. The fraction of sp³-hybridized carbons (Fsp3) is 0.263. The molecule has 0 aliphatic heterocycles. The predicted molar refractivity (Wildman–Crippen MR) is 98.1 cm³/mol. The quantitative estimate of drug-likeness (QED) is 0.692. The second-order valence-electron chi connectivity index (χ2n) is 6.64. The summed E-state index contributed by atoms with van der Waals surface area (Å²) < 4.78 is 1.86. The molecular weight excluding hydrogens is 330 g/mol. The van der Waals surface area contributed by atoms with E-state index in [4.69, 9.17) is 0 Å². The number of carbonyl (C=O) groups is 2. The third-order valence-corrected chi connectivity index (χ3v) is 4.63. The van der Waals surface area contributed by atoms with Gasteiger partial charge in [-0.1, -0.05) is 12.1 Å². The van der Waals surface area contributed by atoms with E-state index >= 15 is 0 Å². The van der Waals surface area contributed by atoms with E-state index in [1.54, 1.807) is 18.3 Å². The molecule has 1 fully saturated rings. The first-order chi connectivity index (χ1) is 12.6. The fourth-order valence-electron chi connectivity index (χ4n) is 2.96. The number of aromatic nitrogens is 3. The van der Waals surface area contributed by atoms with Gasteiger partial charge in [0, 0.05) is 23.0 Å². The van der Waals surface area contributed by atoms with Crippen LogP contribution in [0.1, 0.15) is 44.8 Å². The van der Waals surface area contributed by atoms with Crippen LogP contribution in [0.5, 0.6) is 0 Å². The van der Waals surface area contributed by atoms with Crippen LogP contribution in [0.2, 0.25) is 0 Å². The highest BCUT2D eigenvalue weighted by atomic mass is 16.1. The third kappa shape index (κ3) is 2.92. The molecule has 7 nitrogen and oxygen atoms in total. The van der Waals surface area contributed by atoms with Gasteiger partial charge in [0.25, 0.3) is 5.91 Å². The van der Waals surface area contributed by atoms with E-state index in [1.807, 2.05) is 30.4 Å². The number of nitrogens with zero attached hydrogens (tertiary/aromatic N) is 3. The topological polar surface area (TPSA) is 88.4 Å². The molecule has 0 radical (unpaired) electrons. The Bertz CT molecular complexity index is 1020. The zero-order valence-corrected chi connectivity index (χ0v) is 14.6. The fourth-order valence-corrected chi connectivity index (χ4v) is 2.96. The first-order valence-corrected chi connectivity index (χ1v) is 8.54. The van der Waals surface area contributed by atoms with E-state index in [-0.39, 0.29) is 5.91 Å². The van der Waals surface area contributed by atoms with E-state index in [1.165, 1.54) is 0 Å². The summed E-state index contributed by atoms with van der Waals surface area (Å²) in [5.74, 6) is 0.426. The molecule has 26 heavy (non-hydrogen) atoms. The van der Waals surface area contributed by atoms with Crippen LogP contribution in [0.25, 0.3) is 5.52 Å². The molecule has 4 rings (SSSR count). The molecule has 2 aromatic heterocycles. The third-order valence-electron chi connectivity index (χ3n) is 4.63. The number of aldehydes is 1. The molecule has 0 atom stereocenters. The molecule has 1 amide bonds. The van der Waals surface area contributed by atoms with Gasteiger partial charge in [-0.05, 0) is 44.4 Å². The van der Waals surface area contributed by atoms with Gasteiger partial charge in [0.2, 0.25) is 5.95 Å². The van der Waals surface area contributed by atoms with Crippen LogP contribution in [0.4, 0.5) is 11.6 Å². The molecule has 0 saturated heterocycles. The summed E-state index contributed by atoms with van der Waals surface area (Å²) in [5, 5.41) is 14.5. The number of rotatable bonds is 5. The summed E-state index contributed by atoms with van der Waals surface area (Å²) in [6.07, 6.45) is 4.51. The number of benzene rings is 1. The lowest BCUT2D eigenvalue weighted by molar-refractivity contribution is 0.0950. The summed E-state index contributed by atoms with van der Waals surface area (Å²) in [5.41, 5.74) is 4.52. The maximum absolute atomic E-state index is 12.5. The highest BCUT2D eigenvalue weighted by Crippen LogP contribution is 2.25. The Balaban J connectivity index is 1.75. The van der Waals surface area contributed by atoms with E-state index in [2.05, 4.69) is 20.8 Å². The van der Waals surface area contributed by atoms with Gasteiger partial charge in [0.1, 0.15) is 6.29 Å². The monoisotopic (exact) mass is 349 g/mol. The van der Waals surface area contributed by atoms with Crippen LogP contribution in [0.3, 0.4) is 0 Å². The molecule has 1 saturated carbocycles. The lowest BCUT2D eigenvalue weighted by Gasteiger charge is -2.12. The van der Waals surface area contributed by atoms with Crippen LogP contribution >= 0.6 is 0 Å². The van der Waals surface area contributed by atoms with Crippen molar-refractivity contribution in [3.63, 3.8) is 0 Å². The van der Waals surface area contributed by atoms with Crippen LogP contribution in [0.15, 0.2) is 30.5 Å². The first kappa shape index (κ1) is 16.3. The van der Waals surface area contributed by atoms with Crippen molar-refractivity contribution >= 4 is 29.3 Å². The lowest BCUT2D eigenvalue weighted by atomic mass is 10.1. The molecule has 132 valence electrons. The van der Waals surface area contributed by atoms with Gasteiger partial charge in [-0.2, -0.15) is 5.10 Å². The van der Waals surface area contributed by atoms with Crippen molar-refractivity contribution < 1.29 is 9.59 Å². The van der Waals surface area contributed by atoms with E-state index in [9.17, 15) is 9.59 Å². The molecule has 0 bridgehead atoms. The molecule has 7 heteroatoms. The lowest BCUT2D eigenvalue weighted by Crippen LogP contribution is -2.25. The summed E-state index contributed by atoms with van der Waals surface area (Å²) in [6.45, 7) is 3.83. The highest BCUT2D eigenvalue weighted by molar-refractivity contribution is 5.97. The number of amides is 1. The van der Waals surface area contributed by atoms with Crippen LogP contribution < -0.4 is 10.6 Å². The molecular formula is C19H19N5O2. The zero-order valence-electron chi connectivity index (χ0n) is 14.6. The number of anilines is 2. The van der Waals surface area contributed by atoms with Crippen molar-refractivity contribution in [3.8, 4) is 0 Å². The van der Waals surface area contributed by atoms with Crippen molar-refractivity contribution in [3.05, 3.63) is 52.8 Å². The van der Waals surface area contributed by atoms with Crippen LogP contribution in [-0.2, 0) is 0 Å². The van der Waals surface area contributed by atoms with Gasteiger partial charge in [-0.15, -0.1) is 5.10 Å². The number of nitrogens with one attached hydrogen (secondary N) is 2. The Kier molecular flexibility index (Phi) is 3.91. The molecule has 1 aliphatic rings.